The predicted octanol–water partition coefficient (Wildman–Crippen LogP) is 4.82. The summed E-state index contributed by atoms with van der Waals surface area (Å²) in [4.78, 5) is 3.59. The number of aromatic amines is 1. The molecule has 0 aliphatic heterocycles. The molecule has 2 nitrogen and oxygen atoms in total. The van der Waals surface area contributed by atoms with E-state index >= 15 is 0 Å². The molecule has 0 radical (unpaired) electrons. The number of fused-ring (bicyclic) bond motifs is 1. The van der Waals surface area contributed by atoms with Gasteiger partial charge in [-0.3, -0.25) is 0 Å². The van der Waals surface area contributed by atoms with Crippen molar-refractivity contribution in [3.8, 4) is 11.3 Å². The van der Waals surface area contributed by atoms with E-state index in [0.29, 0.717) is 6.54 Å². The fourth-order valence-electron chi connectivity index (χ4n) is 3.20. The Morgan fingerprint density at radius 1 is 1.04 bits per heavy atom. The van der Waals surface area contributed by atoms with Gasteiger partial charge in [0.25, 0.3) is 0 Å². The molecule has 120 valence electrons. The molecule has 0 spiro atoms. The number of hydrogen-bond acceptors (Lipinski definition) is 1. The number of hydrogen-bond donors (Lipinski definition) is 2. The van der Waals surface area contributed by atoms with Crippen LogP contribution in [0, 0.1) is 5.82 Å². The highest BCUT2D eigenvalue weighted by molar-refractivity contribution is 5.92. The summed E-state index contributed by atoms with van der Waals surface area (Å²) in [5.74, 6) is -0.205. The third-order valence-corrected chi connectivity index (χ3v) is 4.42. The van der Waals surface area contributed by atoms with E-state index in [2.05, 4.69) is 30.1 Å². The monoisotopic (exact) mass is 310 g/mol. The van der Waals surface area contributed by atoms with Gasteiger partial charge in [0.05, 0.1) is 0 Å². The Bertz CT molecular complexity index is 787. The van der Waals surface area contributed by atoms with Crippen LogP contribution in [-0.2, 0) is 12.8 Å². The Hall–Kier alpha value is -2.13. The fourth-order valence-corrected chi connectivity index (χ4v) is 3.20. The molecule has 0 saturated heterocycles. The first-order valence-electron chi connectivity index (χ1n) is 8.33. The number of H-pyrrole nitrogens is 1. The second-order valence-electron chi connectivity index (χ2n) is 5.92. The molecule has 0 aliphatic carbocycles. The van der Waals surface area contributed by atoms with E-state index in [-0.39, 0.29) is 5.82 Å². The van der Waals surface area contributed by atoms with Gasteiger partial charge in [-0.15, -0.1) is 0 Å². The van der Waals surface area contributed by atoms with Crippen LogP contribution in [0.5, 0.6) is 0 Å². The molecule has 0 aliphatic rings. The zero-order valence-corrected chi connectivity index (χ0v) is 13.5. The van der Waals surface area contributed by atoms with Crippen molar-refractivity contribution in [2.45, 2.75) is 32.6 Å². The van der Waals surface area contributed by atoms with Gasteiger partial charge in [-0.05, 0) is 73.2 Å². The Morgan fingerprint density at radius 3 is 2.52 bits per heavy atom. The Kier molecular flexibility index (Phi) is 4.77. The highest BCUT2D eigenvalue weighted by atomic mass is 19.1. The first-order chi connectivity index (χ1) is 11.2. The van der Waals surface area contributed by atoms with E-state index in [0.717, 1.165) is 36.9 Å². The molecule has 0 saturated carbocycles. The van der Waals surface area contributed by atoms with E-state index in [1.807, 2.05) is 12.1 Å². The number of para-hydroxylation sites is 1. The summed E-state index contributed by atoms with van der Waals surface area (Å²) < 4.78 is 13.3. The van der Waals surface area contributed by atoms with Crippen molar-refractivity contribution in [1.29, 1.82) is 0 Å². The summed E-state index contributed by atoms with van der Waals surface area (Å²) in [7, 11) is 0. The Labute approximate surface area is 136 Å². The Morgan fingerprint density at radius 2 is 1.83 bits per heavy atom. The maximum Gasteiger partial charge on any atom is 0.123 e. The lowest BCUT2D eigenvalue weighted by molar-refractivity contribution is 0.628. The zero-order valence-electron chi connectivity index (χ0n) is 13.5. The minimum Gasteiger partial charge on any atom is -0.354 e. The second-order valence-corrected chi connectivity index (χ2v) is 5.92. The van der Waals surface area contributed by atoms with Crippen LogP contribution in [0.4, 0.5) is 4.39 Å². The van der Waals surface area contributed by atoms with Gasteiger partial charge in [-0.2, -0.15) is 0 Å². The number of halogens is 1. The van der Waals surface area contributed by atoms with Gasteiger partial charge in [-0.1, -0.05) is 25.1 Å². The largest absolute Gasteiger partial charge is 0.354 e. The molecule has 2 aromatic carbocycles. The SMILES string of the molecule is CCc1cccc2c(CCCCN)c(-c3ccc(F)cc3)[nH]c12. The fraction of sp³-hybridized carbons (Fsp3) is 0.300. The van der Waals surface area contributed by atoms with Crippen molar-refractivity contribution < 1.29 is 4.39 Å². The van der Waals surface area contributed by atoms with E-state index in [4.69, 9.17) is 5.73 Å². The average Bonchev–Trinajstić information content (AvgIpc) is 2.94. The number of nitrogens with one attached hydrogen (secondary N) is 1. The number of benzene rings is 2. The molecule has 1 heterocycles. The third-order valence-electron chi connectivity index (χ3n) is 4.42. The lowest BCUT2D eigenvalue weighted by atomic mass is 9.99. The van der Waals surface area contributed by atoms with Crippen LogP contribution in [-0.4, -0.2) is 11.5 Å². The molecule has 0 unspecified atom stereocenters. The minimum atomic E-state index is -0.205. The molecule has 0 bridgehead atoms. The van der Waals surface area contributed by atoms with Crippen molar-refractivity contribution >= 4 is 10.9 Å². The summed E-state index contributed by atoms with van der Waals surface area (Å²) in [5, 5.41) is 1.28. The molecule has 3 rings (SSSR count). The van der Waals surface area contributed by atoms with Gasteiger partial charge in [0.2, 0.25) is 0 Å². The molecule has 0 fully saturated rings. The van der Waals surface area contributed by atoms with Crippen LogP contribution < -0.4 is 5.73 Å². The van der Waals surface area contributed by atoms with Crippen LogP contribution in [0.3, 0.4) is 0 Å². The molecule has 3 aromatic rings. The molecule has 1 aromatic heterocycles. The predicted molar refractivity (Wildman–Crippen MR) is 95.1 cm³/mol. The number of rotatable bonds is 6. The highest BCUT2D eigenvalue weighted by Crippen LogP contribution is 2.33. The van der Waals surface area contributed by atoms with Crippen molar-refractivity contribution in [3.05, 3.63) is 59.4 Å². The maximum atomic E-state index is 13.3. The van der Waals surface area contributed by atoms with Gasteiger partial charge in [0, 0.05) is 16.6 Å². The van der Waals surface area contributed by atoms with Crippen LogP contribution >= 0.6 is 0 Å². The topological polar surface area (TPSA) is 41.8 Å². The van der Waals surface area contributed by atoms with Gasteiger partial charge >= 0.3 is 0 Å². The molecule has 3 N–H and O–H groups in total. The van der Waals surface area contributed by atoms with Crippen molar-refractivity contribution in [2.75, 3.05) is 6.54 Å². The molecule has 0 amide bonds. The molecular weight excluding hydrogens is 287 g/mol. The lowest BCUT2D eigenvalue weighted by Gasteiger charge is -2.05. The average molecular weight is 310 g/mol. The van der Waals surface area contributed by atoms with Crippen molar-refractivity contribution in [3.63, 3.8) is 0 Å². The summed E-state index contributed by atoms with van der Waals surface area (Å²) in [5.41, 5.74) is 11.6. The number of nitrogens with two attached hydrogens (primary N) is 1. The number of aromatic nitrogens is 1. The van der Waals surface area contributed by atoms with Gasteiger partial charge < -0.3 is 10.7 Å². The smallest absolute Gasteiger partial charge is 0.123 e. The summed E-state index contributed by atoms with van der Waals surface area (Å²) in [6.07, 6.45) is 4.05. The molecule has 23 heavy (non-hydrogen) atoms. The van der Waals surface area contributed by atoms with E-state index < -0.39 is 0 Å². The standard InChI is InChI=1S/C20H23FN2/c1-2-14-6-5-8-18-17(7-3-4-13-22)20(23-19(14)18)15-9-11-16(21)12-10-15/h5-6,8-12,23H,2-4,7,13,22H2,1H3. The van der Waals surface area contributed by atoms with Crippen LogP contribution in [0.2, 0.25) is 0 Å². The maximum absolute atomic E-state index is 13.3. The first-order valence-corrected chi connectivity index (χ1v) is 8.33. The Balaban J connectivity index is 2.14. The van der Waals surface area contributed by atoms with Crippen LogP contribution in [0.15, 0.2) is 42.5 Å². The normalized spacial score (nSPS) is 11.3. The van der Waals surface area contributed by atoms with Gasteiger partial charge in [0.15, 0.2) is 0 Å². The van der Waals surface area contributed by atoms with Gasteiger partial charge in [-0.25, -0.2) is 4.39 Å². The molecule has 0 atom stereocenters. The lowest BCUT2D eigenvalue weighted by Crippen LogP contribution is -1.99. The molecular formula is C20H23FN2. The summed E-state index contributed by atoms with van der Waals surface area (Å²) in [6.45, 7) is 2.88. The van der Waals surface area contributed by atoms with Crippen molar-refractivity contribution in [2.24, 2.45) is 5.73 Å². The highest BCUT2D eigenvalue weighted by Gasteiger charge is 2.14. The van der Waals surface area contributed by atoms with Crippen LogP contribution in [0.25, 0.3) is 22.2 Å². The summed E-state index contributed by atoms with van der Waals surface area (Å²) in [6, 6.07) is 13.2. The second kappa shape index (κ2) is 6.97. The van der Waals surface area contributed by atoms with Crippen molar-refractivity contribution in [1.82, 2.24) is 4.98 Å². The van der Waals surface area contributed by atoms with Gasteiger partial charge in [0.1, 0.15) is 5.82 Å². The summed E-state index contributed by atoms with van der Waals surface area (Å²) >= 11 is 0. The quantitative estimate of drug-likeness (QED) is 0.630. The van der Waals surface area contributed by atoms with E-state index in [1.54, 1.807) is 0 Å². The minimum absolute atomic E-state index is 0.205. The third kappa shape index (κ3) is 3.15. The van der Waals surface area contributed by atoms with Crippen LogP contribution in [0.1, 0.15) is 30.9 Å². The zero-order chi connectivity index (χ0) is 16.2. The molecule has 3 heteroatoms. The van der Waals surface area contributed by atoms with E-state index in [1.165, 1.54) is 34.2 Å². The first kappa shape index (κ1) is 15.8. The van der Waals surface area contributed by atoms with E-state index in [9.17, 15) is 4.39 Å². The number of aryl methyl sites for hydroxylation is 2. The number of unbranched alkanes of at least 4 members (excludes halogenated alkanes) is 1.